The van der Waals surface area contributed by atoms with Crippen molar-refractivity contribution < 1.29 is 14.3 Å². The standard InChI is InChI=1S/C18H24N2O3/c21-17(15-8-4-10-19-12-15)20-11-5-9-16(20)18(22)23-13-14-6-2-1-3-7-14/h1-3,6-7,15-16,19H,4-5,8-13H2/t15-,16+/m0/s1. The molecule has 0 radical (unpaired) electrons. The van der Waals surface area contributed by atoms with E-state index in [1.165, 1.54) is 0 Å². The maximum absolute atomic E-state index is 12.7. The molecule has 1 amide bonds. The first kappa shape index (κ1) is 16.0. The van der Waals surface area contributed by atoms with Gasteiger partial charge < -0.3 is 15.0 Å². The average molecular weight is 316 g/mol. The molecule has 23 heavy (non-hydrogen) atoms. The fourth-order valence-corrected chi connectivity index (χ4v) is 3.40. The molecule has 1 aromatic rings. The molecule has 5 heteroatoms. The first-order valence-corrected chi connectivity index (χ1v) is 8.47. The van der Waals surface area contributed by atoms with Crippen molar-refractivity contribution in [2.75, 3.05) is 19.6 Å². The van der Waals surface area contributed by atoms with Crippen molar-refractivity contribution in [2.45, 2.75) is 38.3 Å². The van der Waals surface area contributed by atoms with Gasteiger partial charge in [0.05, 0.1) is 5.92 Å². The second-order valence-corrected chi connectivity index (χ2v) is 6.33. The van der Waals surface area contributed by atoms with E-state index in [1.807, 2.05) is 30.3 Å². The number of hydrogen-bond donors (Lipinski definition) is 1. The van der Waals surface area contributed by atoms with Gasteiger partial charge in [-0.2, -0.15) is 0 Å². The van der Waals surface area contributed by atoms with E-state index in [-0.39, 0.29) is 24.4 Å². The van der Waals surface area contributed by atoms with E-state index in [0.29, 0.717) is 13.0 Å². The van der Waals surface area contributed by atoms with Crippen LogP contribution in [0, 0.1) is 5.92 Å². The molecule has 1 aromatic carbocycles. The molecule has 2 heterocycles. The Morgan fingerprint density at radius 1 is 1.17 bits per heavy atom. The molecule has 0 bridgehead atoms. The monoisotopic (exact) mass is 316 g/mol. The minimum absolute atomic E-state index is 0.00581. The lowest BCUT2D eigenvalue weighted by molar-refractivity contribution is -0.155. The van der Waals surface area contributed by atoms with E-state index in [0.717, 1.165) is 37.9 Å². The topological polar surface area (TPSA) is 58.6 Å². The molecule has 1 N–H and O–H groups in total. The molecule has 3 rings (SSSR count). The van der Waals surface area contributed by atoms with Crippen LogP contribution in [0.2, 0.25) is 0 Å². The maximum Gasteiger partial charge on any atom is 0.329 e. The number of esters is 1. The summed E-state index contributed by atoms with van der Waals surface area (Å²) >= 11 is 0. The van der Waals surface area contributed by atoms with Crippen LogP contribution >= 0.6 is 0 Å². The van der Waals surface area contributed by atoms with Crippen molar-refractivity contribution in [1.82, 2.24) is 10.2 Å². The molecule has 2 atom stereocenters. The predicted molar refractivity (Wildman–Crippen MR) is 86.6 cm³/mol. The van der Waals surface area contributed by atoms with E-state index in [2.05, 4.69) is 5.32 Å². The van der Waals surface area contributed by atoms with Crippen LogP contribution in [0.5, 0.6) is 0 Å². The Kier molecular flexibility index (Phi) is 5.28. The molecule has 2 aliphatic rings. The summed E-state index contributed by atoms with van der Waals surface area (Å²) in [5.41, 5.74) is 0.966. The Bertz CT molecular complexity index is 540. The third-order valence-electron chi connectivity index (χ3n) is 4.68. The average Bonchev–Trinajstić information content (AvgIpc) is 3.10. The zero-order valence-corrected chi connectivity index (χ0v) is 13.4. The van der Waals surface area contributed by atoms with Crippen molar-refractivity contribution in [3.63, 3.8) is 0 Å². The second kappa shape index (κ2) is 7.59. The maximum atomic E-state index is 12.7. The lowest BCUT2D eigenvalue weighted by atomic mass is 9.98. The lowest BCUT2D eigenvalue weighted by Gasteiger charge is -2.30. The highest BCUT2D eigenvalue weighted by atomic mass is 16.5. The number of carbonyl (C=O) groups is 2. The van der Waals surface area contributed by atoms with Crippen molar-refractivity contribution in [1.29, 1.82) is 0 Å². The Hall–Kier alpha value is -1.88. The van der Waals surface area contributed by atoms with E-state index < -0.39 is 6.04 Å². The Morgan fingerprint density at radius 3 is 2.74 bits per heavy atom. The summed E-state index contributed by atoms with van der Waals surface area (Å²) < 4.78 is 5.43. The normalized spacial score (nSPS) is 24.4. The summed E-state index contributed by atoms with van der Waals surface area (Å²) in [6.45, 7) is 2.64. The molecule has 0 saturated carbocycles. The highest BCUT2D eigenvalue weighted by molar-refractivity contribution is 5.86. The molecule has 124 valence electrons. The molecule has 0 aliphatic carbocycles. The van der Waals surface area contributed by atoms with Gasteiger partial charge in [-0.1, -0.05) is 30.3 Å². The lowest BCUT2D eigenvalue weighted by Crippen LogP contribution is -2.47. The van der Waals surface area contributed by atoms with Crippen LogP contribution in [-0.2, 0) is 20.9 Å². The van der Waals surface area contributed by atoms with E-state index in [1.54, 1.807) is 4.90 Å². The van der Waals surface area contributed by atoms with Gasteiger partial charge in [0.2, 0.25) is 5.91 Å². The molecule has 2 saturated heterocycles. The van der Waals surface area contributed by atoms with Crippen molar-refractivity contribution >= 4 is 11.9 Å². The number of benzene rings is 1. The number of amides is 1. The first-order valence-electron chi connectivity index (χ1n) is 8.47. The molecular formula is C18H24N2O3. The predicted octanol–water partition coefficient (Wildman–Crippen LogP) is 1.72. The summed E-state index contributed by atoms with van der Waals surface area (Å²) in [5.74, 6) is -0.161. The van der Waals surface area contributed by atoms with Crippen LogP contribution in [-0.4, -0.2) is 42.5 Å². The van der Waals surface area contributed by atoms with Crippen molar-refractivity contribution in [3.8, 4) is 0 Å². The Balaban J connectivity index is 1.57. The van der Waals surface area contributed by atoms with Crippen LogP contribution in [0.4, 0.5) is 0 Å². The van der Waals surface area contributed by atoms with Crippen LogP contribution in [0.15, 0.2) is 30.3 Å². The number of ether oxygens (including phenoxy) is 1. The number of rotatable bonds is 4. The molecule has 0 unspecified atom stereocenters. The fraction of sp³-hybridized carbons (Fsp3) is 0.556. The van der Waals surface area contributed by atoms with Crippen LogP contribution in [0.1, 0.15) is 31.2 Å². The minimum Gasteiger partial charge on any atom is -0.459 e. The van der Waals surface area contributed by atoms with Gasteiger partial charge in [-0.05, 0) is 37.8 Å². The molecular weight excluding hydrogens is 292 g/mol. The van der Waals surface area contributed by atoms with Gasteiger partial charge in [0.1, 0.15) is 12.6 Å². The summed E-state index contributed by atoms with van der Waals surface area (Å²) in [6.07, 6.45) is 3.51. The number of carbonyl (C=O) groups excluding carboxylic acids is 2. The molecule has 2 aliphatic heterocycles. The first-order chi connectivity index (χ1) is 11.3. The highest BCUT2D eigenvalue weighted by Crippen LogP contribution is 2.23. The third-order valence-corrected chi connectivity index (χ3v) is 4.68. The van der Waals surface area contributed by atoms with Crippen molar-refractivity contribution in [3.05, 3.63) is 35.9 Å². The summed E-state index contributed by atoms with van der Waals surface area (Å²) in [7, 11) is 0. The van der Waals surface area contributed by atoms with Gasteiger partial charge in [-0.25, -0.2) is 4.79 Å². The summed E-state index contributed by atoms with van der Waals surface area (Å²) in [6, 6.07) is 9.22. The molecule has 2 fully saturated rings. The summed E-state index contributed by atoms with van der Waals surface area (Å²) in [5, 5.41) is 3.27. The zero-order chi connectivity index (χ0) is 16.1. The van der Waals surface area contributed by atoms with Gasteiger partial charge >= 0.3 is 5.97 Å². The largest absolute Gasteiger partial charge is 0.459 e. The SMILES string of the molecule is O=C(OCc1ccccc1)[C@H]1CCCN1C(=O)[C@H]1CCCNC1. The van der Waals surface area contributed by atoms with E-state index in [4.69, 9.17) is 4.74 Å². The van der Waals surface area contributed by atoms with Crippen LogP contribution < -0.4 is 5.32 Å². The second-order valence-electron chi connectivity index (χ2n) is 6.33. The van der Waals surface area contributed by atoms with E-state index in [9.17, 15) is 9.59 Å². The highest BCUT2D eigenvalue weighted by Gasteiger charge is 2.38. The number of likely N-dealkylation sites (tertiary alicyclic amines) is 1. The fourth-order valence-electron chi connectivity index (χ4n) is 3.40. The molecule has 5 nitrogen and oxygen atoms in total. The van der Waals surface area contributed by atoms with Crippen LogP contribution in [0.3, 0.4) is 0 Å². The zero-order valence-electron chi connectivity index (χ0n) is 13.4. The van der Waals surface area contributed by atoms with Crippen molar-refractivity contribution in [2.24, 2.45) is 5.92 Å². The van der Waals surface area contributed by atoms with Gasteiger partial charge in [0.25, 0.3) is 0 Å². The third kappa shape index (κ3) is 3.91. The Morgan fingerprint density at radius 2 is 2.00 bits per heavy atom. The number of piperidine rings is 1. The van der Waals surface area contributed by atoms with Crippen LogP contribution in [0.25, 0.3) is 0 Å². The molecule has 0 aromatic heterocycles. The van der Waals surface area contributed by atoms with Gasteiger partial charge in [-0.3, -0.25) is 4.79 Å². The minimum atomic E-state index is -0.409. The van der Waals surface area contributed by atoms with E-state index >= 15 is 0 Å². The van der Waals surface area contributed by atoms with Gasteiger partial charge in [0, 0.05) is 13.1 Å². The quantitative estimate of drug-likeness (QED) is 0.859. The summed E-state index contributed by atoms with van der Waals surface area (Å²) in [4.78, 5) is 26.8. The smallest absolute Gasteiger partial charge is 0.329 e. The Labute approximate surface area is 137 Å². The van der Waals surface area contributed by atoms with Gasteiger partial charge in [-0.15, -0.1) is 0 Å². The molecule has 0 spiro atoms. The number of nitrogens with zero attached hydrogens (tertiary/aromatic N) is 1. The van der Waals surface area contributed by atoms with Gasteiger partial charge in [0.15, 0.2) is 0 Å². The number of nitrogens with one attached hydrogen (secondary N) is 1. The number of hydrogen-bond acceptors (Lipinski definition) is 4.